The standard InChI is InChI=1S/C17H20FN3O3S/c1-19-7-6-15(12-19)17(22)20-8-10-21(11-9-20)25(23,24)13-14-2-4-16(18)5-3-14/h2-7,12H,8-11,13H2,1H3. The Morgan fingerprint density at radius 2 is 1.72 bits per heavy atom. The molecule has 0 aliphatic carbocycles. The van der Waals surface area contributed by atoms with E-state index >= 15 is 0 Å². The van der Waals surface area contributed by atoms with Crippen molar-refractivity contribution in [3.05, 3.63) is 59.7 Å². The van der Waals surface area contributed by atoms with Gasteiger partial charge in [-0.25, -0.2) is 12.8 Å². The van der Waals surface area contributed by atoms with Gasteiger partial charge in [-0.2, -0.15) is 4.31 Å². The van der Waals surface area contributed by atoms with Crippen LogP contribution in [0.1, 0.15) is 15.9 Å². The van der Waals surface area contributed by atoms with Crippen LogP contribution in [-0.4, -0.2) is 54.3 Å². The Bertz CT molecular complexity index is 854. The molecule has 1 amide bonds. The van der Waals surface area contributed by atoms with E-state index in [1.165, 1.54) is 28.6 Å². The summed E-state index contributed by atoms with van der Waals surface area (Å²) in [4.78, 5) is 14.1. The van der Waals surface area contributed by atoms with E-state index in [9.17, 15) is 17.6 Å². The molecule has 3 rings (SSSR count). The van der Waals surface area contributed by atoms with Gasteiger partial charge in [0, 0.05) is 45.6 Å². The number of halogens is 1. The highest BCUT2D eigenvalue weighted by Crippen LogP contribution is 2.16. The minimum absolute atomic E-state index is 0.0869. The summed E-state index contributed by atoms with van der Waals surface area (Å²) in [6.45, 7) is 1.25. The molecule has 0 atom stereocenters. The van der Waals surface area contributed by atoms with Gasteiger partial charge in [0.1, 0.15) is 5.82 Å². The molecule has 0 spiro atoms. The second kappa shape index (κ2) is 6.97. The number of rotatable bonds is 4. The van der Waals surface area contributed by atoms with Crippen LogP contribution in [0.3, 0.4) is 0 Å². The van der Waals surface area contributed by atoms with Crippen molar-refractivity contribution in [1.82, 2.24) is 13.8 Å². The summed E-state index contributed by atoms with van der Waals surface area (Å²) >= 11 is 0. The predicted molar refractivity (Wildman–Crippen MR) is 91.9 cm³/mol. The summed E-state index contributed by atoms with van der Waals surface area (Å²) in [6.07, 6.45) is 3.55. The Morgan fingerprint density at radius 3 is 2.28 bits per heavy atom. The third-order valence-corrected chi connectivity index (χ3v) is 6.11. The number of piperazine rings is 1. The molecule has 2 aromatic rings. The van der Waals surface area contributed by atoms with E-state index in [0.717, 1.165) is 0 Å². The summed E-state index contributed by atoms with van der Waals surface area (Å²) in [7, 11) is -1.65. The predicted octanol–water partition coefficient (Wildman–Crippen LogP) is 1.45. The lowest BCUT2D eigenvalue weighted by Crippen LogP contribution is -2.50. The SMILES string of the molecule is Cn1ccc(C(=O)N2CCN(S(=O)(=O)Cc3ccc(F)cc3)CC2)c1. The van der Waals surface area contributed by atoms with E-state index in [1.807, 2.05) is 7.05 Å². The van der Waals surface area contributed by atoms with Crippen LogP contribution in [0.5, 0.6) is 0 Å². The van der Waals surface area contributed by atoms with Crippen LogP contribution < -0.4 is 0 Å². The first-order valence-electron chi connectivity index (χ1n) is 7.99. The molecular weight excluding hydrogens is 345 g/mol. The maximum atomic E-state index is 12.9. The molecule has 0 radical (unpaired) electrons. The van der Waals surface area contributed by atoms with Crippen molar-refractivity contribution in [1.29, 1.82) is 0 Å². The number of aromatic nitrogens is 1. The fourth-order valence-corrected chi connectivity index (χ4v) is 4.38. The summed E-state index contributed by atoms with van der Waals surface area (Å²) in [6, 6.07) is 7.20. The molecule has 1 fully saturated rings. The van der Waals surface area contributed by atoms with E-state index in [4.69, 9.17) is 0 Å². The molecule has 2 heterocycles. The van der Waals surface area contributed by atoms with Gasteiger partial charge < -0.3 is 9.47 Å². The minimum Gasteiger partial charge on any atom is -0.356 e. The van der Waals surface area contributed by atoms with Crippen molar-refractivity contribution in [2.75, 3.05) is 26.2 Å². The van der Waals surface area contributed by atoms with E-state index in [2.05, 4.69) is 0 Å². The van der Waals surface area contributed by atoms with Gasteiger partial charge in [0.25, 0.3) is 5.91 Å². The van der Waals surface area contributed by atoms with E-state index in [-0.39, 0.29) is 24.7 Å². The zero-order valence-corrected chi connectivity index (χ0v) is 14.7. The first kappa shape index (κ1) is 17.6. The normalized spacial score (nSPS) is 16.2. The van der Waals surface area contributed by atoms with Gasteiger partial charge in [-0.3, -0.25) is 4.79 Å². The van der Waals surface area contributed by atoms with Gasteiger partial charge in [0.15, 0.2) is 0 Å². The third-order valence-electron chi connectivity index (χ3n) is 4.26. The topological polar surface area (TPSA) is 62.6 Å². The highest BCUT2D eigenvalue weighted by Gasteiger charge is 2.29. The number of benzene rings is 1. The van der Waals surface area contributed by atoms with Crippen LogP contribution in [0, 0.1) is 5.82 Å². The van der Waals surface area contributed by atoms with Gasteiger partial charge in [-0.05, 0) is 23.8 Å². The molecule has 0 saturated carbocycles. The van der Waals surface area contributed by atoms with E-state index in [1.54, 1.807) is 27.9 Å². The van der Waals surface area contributed by atoms with Gasteiger partial charge in [-0.15, -0.1) is 0 Å². The molecule has 134 valence electrons. The summed E-state index contributed by atoms with van der Waals surface area (Å²) in [5.74, 6) is -0.648. The Hall–Kier alpha value is -2.19. The van der Waals surface area contributed by atoms with Crippen molar-refractivity contribution in [2.24, 2.45) is 7.05 Å². The number of carbonyl (C=O) groups is 1. The van der Waals surface area contributed by atoms with Crippen molar-refractivity contribution in [3.63, 3.8) is 0 Å². The Balaban J connectivity index is 1.61. The van der Waals surface area contributed by atoms with Gasteiger partial charge in [0.2, 0.25) is 10.0 Å². The summed E-state index contributed by atoms with van der Waals surface area (Å²) in [5, 5.41) is 0. The van der Waals surface area contributed by atoms with Crippen LogP contribution in [0.15, 0.2) is 42.7 Å². The Kier molecular flexibility index (Phi) is 4.91. The van der Waals surface area contributed by atoms with Crippen LogP contribution in [0.2, 0.25) is 0 Å². The van der Waals surface area contributed by atoms with Gasteiger partial charge in [-0.1, -0.05) is 12.1 Å². The van der Waals surface area contributed by atoms with Crippen molar-refractivity contribution < 1.29 is 17.6 Å². The molecule has 25 heavy (non-hydrogen) atoms. The van der Waals surface area contributed by atoms with Crippen LogP contribution in [0.4, 0.5) is 4.39 Å². The maximum absolute atomic E-state index is 12.9. The Morgan fingerprint density at radius 1 is 1.08 bits per heavy atom. The average Bonchev–Trinajstić information content (AvgIpc) is 3.03. The lowest BCUT2D eigenvalue weighted by atomic mass is 10.2. The molecule has 8 heteroatoms. The number of hydrogen-bond acceptors (Lipinski definition) is 3. The van der Waals surface area contributed by atoms with Gasteiger partial charge in [0.05, 0.1) is 11.3 Å². The fraction of sp³-hybridized carbons (Fsp3) is 0.353. The average molecular weight is 365 g/mol. The highest BCUT2D eigenvalue weighted by molar-refractivity contribution is 7.88. The van der Waals surface area contributed by atoms with Gasteiger partial charge >= 0.3 is 0 Å². The Labute approximate surface area is 146 Å². The number of hydrogen-bond donors (Lipinski definition) is 0. The first-order valence-corrected chi connectivity index (χ1v) is 9.59. The lowest BCUT2D eigenvalue weighted by Gasteiger charge is -2.34. The second-order valence-electron chi connectivity index (χ2n) is 6.14. The molecule has 1 aromatic heterocycles. The van der Waals surface area contributed by atoms with Crippen molar-refractivity contribution in [2.45, 2.75) is 5.75 Å². The molecule has 1 saturated heterocycles. The summed E-state index contributed by atoms with van der Waals surface area (Å²) in [5.41, 5.74) is 1.15. The van der Waals surface area contributed by atoms with Crippen molar-refractivity contribution in [3.8, 4) is 0 Å². The molecule has 1 aliphatic heterocycles. The van der Waals surface area contributed by atoms with E-state index < -0.39 is 15.8 Å². The number of sulfonamides is 1. The van der Waals surface area contributed by atoms with Crippen molar-refractivity contribution >= 4 is 15.9 Å². The van der Waals surface area contributed by atoms with E-state index in [0.29, 0.717) is 24.2 Å². The third kappa shape index (κ3) is 4.08. The summed E-state index contributed by atoms with van der Waals surface area (Å²) < 4.78 is 41.2. The lowest BCUT2D eigenvalue weighted by molar-refractivity contribution is 0.0698. The first-order chi connectivity index (χ1) is 11.8. The number of amides is 1. The van der Waals surface area contributed by atoms with Crippen LogP contribution in [0.25, 0.3) is 0 Å². The molecule has 0 unspecified atom stereocenters. The molecular formula is C17H20FN3O3S. The largest absolute Gasteiger partial charge is 0.356 e. The van der Waals surface area contributed by atoms with Crippen LogP contribution in [-0.2, 0) is 22.8 Å². The molecule has 1 aliphatic rings. The highest BCUT2D eigenvalue weighted by atomic mass is 32.2. The fourth-order valence-electron chi connectivity index (χ4n) is 2.86. The second-order valence-corrected chi connectivity index (χ2v) is 8.11. The molecule has 0 bridgehead atoms. The zero-order chi connectivity index (χ0) is 18.0. The zero-order valence-electron chi connectivity index (χ0n) is 13.9. The molecule has 0 N–H and O–H groups in total. The molecule has 6 nitrogen and oxygen atoms in total. The monoisotopic (exact) mass is 365 g/mol. The minimum atomic E-state index is -3.49. The number of carbonyl (C=O) groups excluding carboxylic acids is 1. The number of nitrogens with zero attached hydrogens (tertiary/aromatic N) is 3. The maximum Gasteiger partial charge on any atom is 0.255 e. The van der Waals surface area contributed by atoms with Crippen LogP contribution >= 0.6 is 0 Å². The smallest absolute Gasteiger partial charge is 0.255 e. The number of aryl methyl sites for hydroxylation is 1. The molecule has 1 aromatic carbocycles. The quantitative estimate of drug-likeness (QED) is 0.824.